The van der Waals surface area contributed by atoms with Gasteiger partial charge in [-0.3, -0.25) is 0 Å². The van der Waals surface area contributed by atoms with E-state index in [1.807, 2.05) is 31.2 Å². The van der Waals surface area contributed by atoms with E-state index in [4.69, 9.17) is 0 Å². The third kappa shape index (κ3) is 2.96. The monoisotopic (exact) mass is 290 g/mol. The van der Waals surface area contributed by atoms with Crippen LogP contribution in [0.15, 0.2) is 53.0 Å². The number of benzene rings is 2. The van der Waals surface area contributed by atoms with Crippen LogP contribution >= 0.6 is 15.9 Å². The molecule has 0 bridgehead atoms. The van der Waals surface area contributed by atoms with Crippen molar-refractivity contribution in [1.82, 2.24) is 0 Å². The van der Waals surface area contributed by atoms with Crippen LogP contribution < -0.4 is 0 Å². The molecule has 0 saturated carbocycles. The number of rotatable bonds is 3. The van der Waals surface area contributed by atoms with Crippen molar-refractivity contribution in [3.05, 3.63) is 58.6 Å². The maximum absolute atomic E-state index is 10.0. The molecule has 0 aliphatic rings. The second-order valence-corrected chi connectivity index (χ2v) is 5.34. The molecule has 1 unspecified atom stereocenters. The highest BCUT2D eigenvalue weighted by Gasteiger charge is 2.08. The molecule has 17 heavy (non-hydrogen) atoms. The highest BCUT2D eigenvalue weighted by Crippen LogP contribution is 2.26. The van der Waals surface area contributed by atoms with Crippen molar-refractivity contribution in [2.75, 3.05) is 0 Å². The molecule has 0 aliphatic carbocycles. The van der Waals surface area contributed by atoms with Gasteiger partial charge in [0.05, 0.1) is 6.10 Å². The van der Waals surface area contributed by atoms with Crippen LogP contribution in [0.2, 0.25) is 0 Å². The summed E-state index contributed by atoms with van der Waals surface area (Å²) >= 11 is 3.45. The van der Waals surface area contributed by atoms with Crippen LogP contribution in [0.3, 0.4) is 0 Å². The first-order valence-corrected chi connectivity index (χ1v) is 6.37. The Hall–Kier alpha value is -1.12. The molecule has 0 saturated heterocycles. The van der Waals surface area contributed by atoms with Crippen LogP contribution in [-0.4, -0.2) is 5.11 Å². The van der Waals surface area contributed by atoms with Crippen molar-refractivity contribution in [3.63, 3.8) is 0 Å². The van der Waals surface area contributed by atoms with E-state index in [1.165, 1.54) is 5.39 Å². The van der Waals surface area contributed by atoms with Gasteiger partial charge in [0.2, 0.25) is 0 Å². The molecule has 2 aromatic carbocycles. The normalized spacial score (nSPS) is 12.6. The minimum absolute atomic E-state index is 0.458. The van der Waals surface area contributed by atoms with E-state index < -0.39 is 6.10 Å². The maximum Gasteiger partial charge on any atom is 0.0827 e. The highest BCUT2D eigenvalue weighted by molar-refractivity contribution is 9.10. The molecule has 1 nitrogen and oxygen atoms in total. The minimum Gasteiger partial charge on any atom is -0.388 e. The Morgan fingerprint density at radius 1 is 1.24 bits per heavy atom. The molecule has 88 valence electrons. The number of halogens is 1. The fourth-order valence-corrected chi connectivity index (χ4v) is 2.27. The van der Waals surface area contributed by atoms with Crippen molar-refractivity contribution in [2.45, 2.75) is 19.4 Å². The maximum atomic E-state index is 10.0. The second-order valence-electron chi connectivity index (χ2n) is 4.43. The van der Waals surface area contributed by atoms with Crippen molar-refractivity contribution < 1.29 is 5.11 Å². The van der Waals surface area contributed by atoms with Gasteiger partial charge in [0.25, 0.3) is 0 Å². The van der Waals surface area contributed by atoms with E-state index in [2.05, 4.69) is 34.6 Å². The molecule has 0 heterocycles. The molecule has 1 N–H and O–H groups in total. The van der Waals surface area contributed by atoms with Crippen molar-refractivity contribution >= 4 is 26.7 Å². The van der Waals surface area contributed by atoms with E-state index in [0.29, 0.717) is 6.42 Å². The van der Waals surface area contributed by atoms with E-state index in [-0.39, 0.29) is 0 Å². The second kappa shape index (κ2) is 5.03. The Labute approximate surface area is 110 Å². The number of hydrogen-bond acceptors (Lipinski definition) is 1. The van der Waals surface area contributed by atoms with Crippen LogP contribution in [0.4, 0.5) is 0 Å². The average Bonchev–Trinajstić information content (AvgIpc) is 2.27. The molecule has 0 spiro atoms. The topological polar surface area (TPSA) is 20.2 Å². The number of aliphatic hydroxyl groups is 1. The first kappa shape index (κ1) is 12.3. The Morgan fingerprint density at radius 2 is 1.88 bits per heavy atom. The van der Waals surface area contributed by atoms with Crippen LogP contribution in [0.25, 0.3) is 10.8 Å². The van der Waals surface area contributed by atoms with Gasteiger partial charge in [-0.15, -0.1) is 6.58 Å². The predicted octanol–water partition coefficient (Wildman–Crippen LogP) is 4.60. The number of fused-ring (bicyclic) bond motifs is 1. The summed E-state index contributed by atoms with van der Waals surface area (Å²) in [6, 6.07) is 12.2. The zero-order valence-electron chi connectivity index (χ0n) is 9.78. The molecule has 2 rings (SSSR count). The summed E-state index contributed by atoms with van der Waals surface area (Å²) in [4.78, 5) is 0. The van der Waals surface area contributed by atoms with Crippen LogP contribution in [0, 0.1) is 0 Å². The van der Waals surface area contributed by atoms with Gasteiger partial charge < -0.3 is 5.11 Å². The first-order chi connectivity index (χ1) is 8.06. The molecule has 0 aromatic heterocycles. The first-order valence-electron chi connectivity index (χ1n) is 5.58. The molecule has 2 heteroatoms. The SMILES string of the molecule is C=C(C)CC(O)c1ccc2cc(Br)ccc2c1. The van der Waals surface area contributed by atoms with E-state index in [9.17, 15) is 5.11 Å². The summed E-state index contributed by atoms with van der Waals surface area (Å²) in [5.41, 5.74) is 1.94. The average molecular weight is 291 g/mol. The lowest BCUT2D eigenvalue weighted by Crippen LogP contribution is -1.97. The Kier molecular flexibility index (Phi) is 3.65. The lowest BCUT2D eigenvalue weighted by molar-refractivity contribution is 0.178. The van der Waals surface area contributed by atoms with E-state index >= 15 is 0 Å². The lowest BCUT2D eigenvalue weighted by atomic mass is 10.00. The molecule has 0 aliphatic heterocycles. The quantitative estimate of drug-likeness (QED) is 0.819. The van der Waals surface area contributed by atoms with Crippen LogP contribution in [0.1, 0.15) is 25.0 Å². The molecular weight excluding hydrogens is 276 g/mol. The van der Waals surface area contributed by atoms with E-state index in [1.54, 1.807) is 0 Å². The van der Waals surface area contributed by atoms with Crippen LogP contribution in [-0.2, 0) is 0 Å². The zero-order chi connectivity index (χ0) is 12.4. The Balaban J connectivity index is 2.37. The zero-order valence-corrected chi connectivity index (χ0v) is 11.4. The Bertz CT molecular complexity index is 560. The van der Waals surface area contributed by atoms with Gasteiger partial charge in [-0.25, -0.2) is 0 Å². The molecular formula is C15H15BrO. The summed E-state index contributed by atoms with van der Waals surface area (Å²) in [5, 5.41) is 12.4. The molecule has 0 radical (unpaired) electrons. The fourth-order valence-electron chi connectivity index (χ4n) is 1.89. The highest BCUT2D eigenvalue weighted by atomic mass is 79.9. The summed E-state index contributed by atoms with van der Waals surface area (Å²) in [6.07, 6.45) is 0.155. The Morgan fingerprint density at radius 3 is 2.59 bits per heavy atom. The van der Waals surface area contributed by atoms with Crippen molar-refractivity contribution in [2.24, 2.45) is 0 Å². The minimum atomic E-state index is -0.458. The van der Waals surface area contributed by atoms with Gasteiger partial charge >= 0.3 is 0 Å². The summed E-state index contributed by atoms with van der Waals surface area (Å²) < 4.78 is 1.07. The van der Waals surface area contributed by atoms with E-state index in [0.717, 1.165) is 21.0 Å². The molecule has 2 aromatic rings. The summed E-state index contributed by atoms with van der Waals surface area (Å²) in [5.74, 6) is 0. The van der Waals surface area contributed by atoms with Gasteiger partial charge in [-0.1, -0.05) is 39.7 Å². The summed E-state index contributed by atoms with van der Waals surface area (Å²) in [7, 11) is 0. The van der Waals surface area contributed by atoms with Crippen molar-refractivity contribution in [1.29, 1.82) is 0 Å². The van der Waals surface area contributed by atoms with Gasteiger partial charge in [0.15, 0.2) is 0 Å². The third-order valence-electron chi connectivity index (χ3n) is 2.75. The van der Waals surface area contributed by atoms with Gasteiger partial charge in [-0.05, 0) is 47.9 Å². The van der Waals surface area contributed by atoms with Crippen LogP contribution in [0.5, 0.6) is 0 Å². The van der Waals surface area contributed by atoms with Gasteiger partial charge in [-0.2, -0.15) is 0 Å². The van der Waals surface area contributed by atoms with Crippen molar-refractivity contribution in [3.8, 4) is 0 Å². The fraction of sp³-hybridized carbons (Fsp3) is 0.200. The lowest BCUT2D eigenvalue weighted by Gasteiger charge is -2.11. The molecule has 0 fully saturated rings. The van der Waals surface area contributed by atoms with Gasteiger partial charge in [0.1, 0.15) is 0 Å². The third-order valence-corrected chi connectivity index (χ3v) is 3.25. The molecule has 1 atom stereocenters. The smallest absolute Gasteiger partial charge is 0.0827 e. The largest absolute Gasteiger partial charge is 0.388 e. The summed E-state index contributed by atoms with van der Waals surface area (Å²) in [6.45, 7) is 5.76. The predicted molar refractivity (Wildman–Crippen MR) is 76.0 cm³/mol. The van der Waals surface area contributed by atoms with Gasteiger partial charge in [0, 0.05) is 4.47 Å². The standard InChI is InChI=1S/C15H15BrO/c1-10(2)7-15(17)13-4-3-12-9-14(16)6-5-11(12)8-13/h3-6,8-9,15,17H,1,7H2,2H3. The molecule has 0 amide bonds. The number of aliphatic hydroxyl groups excluding tert-OH is 1. The number of hydrogen-bond donors (Lipinski definition) is 1.